The van der Waals surface area contributed by atoms with Crippen molar-refractivity contribution in [3.8, 4) is 5.75 Å². The largest absolute Gasteiger partial charge is 0.496 e. The molecule has 21 heavy (non-hydrogen) atoms. The molecule has 0 fully saturated rings. The summed E-state index contributed by atoms with van der Waals surface area (Å²) in [6.45, 7) is 3.03. The van der Waals surface area contributed by atoms with Crippen molar-refractivity contribution in [2.45, 2.75) is 19.4 Å². The van der Waals surface area contributed by atoms with Crippen LogP contribution in [0.2, 0.25) is 0 Å². The van der Waals surface area contributed by atoms with Gasteiger partial charge in [-0.05, 0) is 36.7 Å². The summed E-state index contributed by atoms with van der Waals surface area (Å²) in [7, 11) is 1.71. The van der Waals surface area contributed by atoms with Crippen LogP contribution in [0.25, 0.3) is 0 Å². The summed E-state index contributed by atoms with van der Waals surface area (Å²) in [5.74, 6) is 0.905. The van der Waals surface area contributed by atoms with Crippen LogP contribution in [0.15, 0.2) is 51.4 Å². The van der Waals surface area contributed by atoms with Crippen LogP contribution in [0.3, 0.4) is 0 Å². The molecule has 0 aliphatic rings. The number of ether oxygens (including phenoxy) is 1. The number of methoxy groups -OCH3 is 1. The summed E-state index contributed by atoms with van der Waals surface area (Å²) in [5, 5.41) is 3.55. The van der Waals surface area contributed by atoms with E-state index in [0.29, 0.717) is 0 Å². The summed E-state index contributed by atoms with van der Waals surface area (Å²) < 4.78 is 7.71. The third-order valence-corrected chi connectivity index (χ3v) is 4.67. The van der Waals surface area contributed by atoms with Crippen molar-refractivity contribution >= 4 is 31.9 Å². The van der Waals surface area contributed by atoms with Crippen LogP contribution in [-0.4, -0.2) is 13.7 Å². The lowest BCUT2D eigenvalue weighted by molar-refractivity contribution is 0.399. The zero-order valence-electron chi connectivity index (χ0n) is 12.2. The van der Waals surface area contributed by atoms with Crippen LogP contribution in [-0.2, 0) is 6.42 Å². The Labute approximate surface area is 143 Å². The molecule has 1 unspecified atom stereocenters. The molecule has 0 spiro atoms. The van der Waals surface area contributed by atoms with Gasteiger partial charge in [0.15, 0.2) is 0 Å². The number of halogens is 2. The first-order chi connectivity index (χ1) is 10.2. The van der Waals surface area contributed by atoms with Crippen molar-refractivity contribution in [1.29, 1.82) is 0 Å². The van der Waals surface area contributed by atoms with E-state index in [1.165, 1.54) is 11.1 Å². The van der Waals surface area contributed by atoms with Crippen molar-refractivity contribution < 1.29 is 4.74 Å². The molecule has 0 radical (unpaired) electrons. The smallest absolute Gasteiger partial charge is 0.124 e. The fourth-order valence-electron chi connectivity index (χ4n) is 2.40. The van der Waals surface area contributed by atoms with E-state index < -0.39 is 0 Å². The van der Waals surface area contributed by atoms with Gasteiger partial charge in [0, 0.05) is 20.6 Å². The van der Waals surface area contributed by atoms with Crippen LogP contribution in [0.4, 0.5) is 0 Å². The van der Waals surface area contributed by atoms with Crippen LogP contribution in [0, 0.1) is 0 Å². The van der Waals surface area contributed by atoms with E-state index in [-0.39, 0.29) is 6.04 Å². The molecule has 0 aliphatic heterocycles. The molecule has 4 heteroatoms. The molecule has 0 heterocycles. The highest BCUT2D eigenvalue weighted by atomic mass is 79.9. The monoisotopic (exact) mass is 411 g/mol. The number of hydrogen-bond acceptors (Lipinski definition) is 2. The average Bonchev–Trinajstić information content (AvgIpc) is 2.49. The molecule has 0 bridgehead atoms. The fourth-order valence-corrected chi connectivity index (χ4v) is 3.18. The van der Waals surface area contributed by atoms with Crippen LogP contribution >= 0.6 is 31.9 Å². The van der Waals surface area contributed by atoms with E-state index >= 15 is 0 Å². The maximum atomic E-state index is 5.54. The molecule has 1 N–H and O–H groups in total. The number of likely N-dealkylation sites (N-methyl/N-ethyl adjacent to an activating group) is 1. The summed E-state index contributed by atoms with van der Waals surface area (Å²) in [6, 6.07) is 14.8. The zero-order valence-corrected chi connectivity index (χ0v) is 15.4. The molecule has 2 aromatic carbocycles. The number of nitrogens with one attached hydrogen (secondary N) is 1. The minimum absolute atomic E-state index is 0.219. The van der Waals surface area contributed by atoms with Crippen LogP contribution in [0.1, 0.15) is 24.1 Å². The lowest BCUT2D eigenvalue weighted by atomic mass is 9.98. The molecular weight excluding hydrogens is 394 g/mol. The van der Waals surface area contributed by atoms with Crippen molar-refractivity contribution in [2.75, 3.05) is 13.7 Å². The lowest BCUT2D eigenvalue weighted by Crippen LogP contribution is -2.23. The second-order valence-corrected chi connectivity index (χ2v) is 6.56. The van der Waals surface area contributed by atoms with Gasteiger partial charge in [0.25, 0.3) is 0 Å². The topological polar surface area (TPSA) is 21.3 Å². The number of benzene rings is 2. The molecule has 0 saturated heterocycles. The first-order valence-corrected chi connectivity index (χ1v) is 8.54. The van der Waals surface area contributed by atoms with E-state index in [2.05, 4.69) is 74.4 Å². The Hall–Kier alpha value is -0.840. The first kappa shape index (κ1) is 16.5. The van der Waals surface area contributed by atoms with Gasteiger partial charge in [-0.2, -0.15) is 0 Å². The molecule has 2 rings (SSSR count). The SMILES string of the molecule is CCNC(Cc1ccccc1Br)c1ccc(Br)cc1OC. The van der Waals surface area contributed by atoms with Gasteiger partial charge < -0.3 is 10.1 Å². The average molecular weight is 413 g/mol. The molecular formula is C17H19Br2NO. The summed E-state index contributed by atoms with van der Waals surface area (Å²) >= 11 is 7.12. The third kappa shape index (κ3) is 4.31. The predicted molar refractivity (Wildman–Crippen MR) is 95.0 cm³/mol. The first-order valence-electron chi connectivity index (χ1n) is 6.96. The Morgan fingerprint density at radius 1 is 1.14 bits per heavy atom. The molecule has 0 saturated carbocycles. The van der Waals surface area contributed by atoms with E-state index in [0.717, 1.165) is 27.7 Å². The van der Waals surface area contributed by atoms with Gasteiger partial charge in [0.1, 0.15) is 5.75 Å². The quantitative estimate of drug-likeness (QED) is 0.711. The second-order valence-electron chi connectivity index (χ2n) is 4.79. The summed E-state index contributed by atoms with van der Waals surface area (Å²) in [5.41, 5.74) is 2.46. The van der Waals surface area contributed by atoms with Crippen molar-refractivity contribution in [3.63, 3.8) is 0 Å². The zero-order chi connectivity index (χ0) is 15.2. The highest BCUT2D eigenvalue weighted by Gasteiger charge is 2.17. The van der Waals surface area contributed by atoms with Gasteiger partial charge in [0.2, 0.25) is 0 Å². The fraction of sp³-hybridized carbons (Fsp3) is 0.294. The molecule has 0 aliphatic carbocycles. The Kier molecular flexibility index (Phi) is 6.27. The van der Waals surface area contributed by atoms with Crippen molar-refractivity contribution in [1.82, 2.24) is 5.32 Å². The van der Waals surface area contributed by atoms with E-state index in [1.807, 2.05) is 12.1 Å². The standard InChI is InChI=1S/C17H19Br2NO/c1-3-20-16(10-12-6-4-5-7-15(12)19)14-9-8-13(18)11-17(14)21-2/h4-9,11,16,20H,3,10H2,1-2H3. The molecule has 0 amide bonds. The summed E-state index contributed by atoms with van der Waals surface area (Å²) in [4.78, 5) is 0. The van der Waals surface area contributed by atoms with Crippen molar-refractivity contribution in [3.05, 3.63) is 62.5 Å². The molecule has 0 aromatic heterocycles. The van der Waals surface area contributed by atoms with Gasteiger partial charge in [-0.1, -0.05) is 63.0 Å². The molecule has 2 nitrogen and oxygen atoms in total. The third-order valence-electron chi connectivity index (χ3n) is 3.40. The van der Waals surface area contributed by atoms with Gasteiger partial charge in [-0.25, -0.2) is 0 Å². The Bertz CT molecular complexity index is 601. The number of hydrogen-bond donors (Lipinski definition) is 1. The Morgan fingerprint density at radius 3 is 2.57 bits per heavy atom. The number of rotatable bonds is 6. The van der Waals surface area contributed by atoms with Gasteiger partial charge in [0.05, 0.1) is 7.11 Å². The summed E-state index contributed by atoms with van der Waals surface area (Å²) in [6.07, 6.45) is 0.910. The normalized spacial score (nSPS) is 12.2. The van der Waals surface area contributed by atoms with Gasteiger partial charge in [-0.15, -0.1) is 0 Å². The van der Waals surface area contributed by atoms with Gasteiger partial charge >= 0.3 is 0 Å². The molecule has 2 aromatic rings. The minimum atomic E-state index is 0.219. The van der Waals surface area contributed by atoms with E-state index in [9.17, 15) is 0 Å². The maximum absolute atomic E-state index is 5.54. The Balaban J connectivity index is 2.33. The second kappa shape index (κ2) is 7.97. The minimum Gasteiger partial charge on any atom is -0.496 e. The molecule has 112 valence electrons. The lowest BCUT2D eigenvalue weighted by Gasteiger charge is -2.21. The van der Waals surface area contributed by atoms with Gasteiger partial charge in [-0.3, -0.25) is 0 Å². The maximum Gasteiger partial charge on any atom is 0.124 e. The Morgan fingerprint density at radius 2 is 1.90 bits per heavy atom. The highest BCUT2D eigenvalue weighted by Crippen LogP contribution is 2.31. The van der Waals surface area contributed by atoms with Crippen molar-refractivity contribution in [2.24, 2.45) is 0 Å². The van der Waals surface area contributed by atoms with E-state index in [4.69, 9.17) is 4.74 Å². The highest BCUT2D eigenvalue weighted by molar-refractivity contribution is 9.10. The van der Waals surface area contributed by atoms with Crippen LogP contribution in [0.5, 0.6) is 5.75 Å². The molecule has 1 atom stereocenters. The van der Waals surface area contributed by atoms with Crippen LogP contribution < -0.4 is 10.1 Å². The predicted octanol–water partition coefficient (Wildman–Crippen LogP) is 5.11. The van der Waals surface area contributed by atoms with E-state index in [1.54, 1.807) is 7.11 Å².